The van der Waals surface area contributed by atoms with Crippen molar-refractivity contribution in [3.63, 3.8) is 0 Å². The minimum atomic E-state index is -0.871. The Morgan fingerprint density at radius 2 is 2.21 bits per heavy atom. The number of nitrogens with one attached hydrogen (secondary N) is 1. The molecule has 2 aromatic rings. The molecule has 0 saturated heterocycles. The monoisotopic (exact) mass is 348 g/mol. The topological polar surface area (TPSA) is 88.5 Å². The normalized spacial score (nSPS) is 11.8. The molecule has 1 atom stereocenters. The molecule has 24 heavy (non-hydrogen) atoms. The van der Waals surface area contributed by atoms with Crippen molar-refractivity contribution in [2.45, 2.75) is 26.9 Å². The van der Waals surface area contributed by atoms with Crippen LogP contribution < -0.4 is 10.1 Å². The third-order valence-corrected chi connectivity index (χ3v) is 4.11. The number of carboxylic acid groups (broad SMARTS) is 1. The van der Waals surface area contributed by atoms with Gasteiger partial charge in [-0.2, -0.15) is 0 Å². The van der Waals surface area contributed by atoms with Crippen LogP contribution in [0.5, 0.6) is 5.75 Å². The highest BCUT2D eigenvalue weighted by atomic mass is 32.1. The highest BCUT2D eigenvalue weighted by Crippen LogP contribution is 2.16. The third-order valence-electron chi connectivity index (χ3n) is 3.28. The first-order valence-electron chi connectivity index (χ1n) is 7.58. The van der Waals surface area contributed by atoms with E-state index in [1.807, 2.05) is 12.3 Å². The molecule has 1 aromatic heterocycles. The van der Waals surface area contributed by atoms with Crippen molar-refractivity contribution in [1.29, 1.82) is 0 Å². The lowest BCUT2D eigenvalue weighted by molar-refractivity contribution is -0.137. The number of aromatic nitrogens is 1. The lowest BCUT2D eigenvalue weighted by Crippen LogP contribution is -2.29. The van der Waals surface area contributed by atoms with Crippen LogP contribution in [-0.4, -0.2) is 28.5 Å². The second-order valence-electron chi connectivity index (χ2n) is 5.59. The standard InChI is InChI=1S/C17H20N2O4S/c1-11(6-16(20)21)8-18-17(22)13-4-3-5-15(7-13)23-9-14-10-24-12(2)19-14/h3-5,7,10-11H,6,8-9H2,1-2H3,(H,18,22)(H,20,21). The van der Waals surface area contributed by atoms with E-state index in [0.717, 1.165) is 10.7 Å². The number of benzene rings is 1. The Morgan fingerprint density at radius 1 is 1.42 bits per heavy atom. The summed E-state index contributed by atoms with van der Waals surface area (Å²) in [6, 6.07) is 6.88. The van der Waals surface area contributed by atoms with Crippen molar-refractivity contribution in [2.24, 2.45) is 5.92 Å². The molecular weight excluding hydrogens is 328 g/mol. The van der Waals surface area contributed by atoms with E-state index in [1.54, 1.807) is 42.5 Å². The first-order valence-corrected chi connectivity index (χ1v) is 8.46. The van der Waals surface area contributed by atoms with Crippen molar-refractivity contribution >= 4 is 23.2 Å². The summed E-state index contributed by atoms with van der Waals surface area (Å²) in [4.78, 5) is 27.1. The first kappa shape index (κ1) is 17.9. The largest absolute Gasteiger partial charge is 0.487 e. The molecule has 0 bridgehead atoms. The van der Waals surface area contributed by atoms with Gasteiger partial charge in [-0.05, 0) is 31.0 Å². The average molecular weight is 348 g/mol. The molecule has 0 aliphatic heterocycles. The van der Waals surface area contributed by atoms with Gasteiger partial charge in [-0.25, -0.2) is 4.98 Å². The Hall–Kier alpha value is -2.41. The SMILES string of the molecule is Cc1nc(COc2cccc(C(=O)NCC(C)CC(=O)O)c2)cs1. The quantitative estimate of drug-likeness (QED) is 0.766. The van der Waals surface area contributed by atoms with Crippen LogP contribution in [0.25, 0.3) is 0 Å². The average Bonchev–Trinajstić information content (AvgIpc) is 2.96. The molecule has 0 fully saturated rings. The molecule has 0 aliphatic rings. The van der Waals surface area contributed by atoms with Gasteiger partial charge in [0.25, 0.3) is 5.91 Å². The van der Waals surface area contributed by atoms with Gasteiger partial charge in [0.2, 0.25) is 0 Å². The van der Waals surface area contributed by atoms with E-state index >= 15 is 0 Å². The Bertz CT molecular complexity index is 714. The van der Waals surface area contributed by atoms with Crippen LogP contribution in [0.3, 0.4) is 0 Å². The molecule has 0 saturated carbocycles. The van der Waals surface area contributed by atoms with E-state index in [4.69, 9.17) is 9.84 Å². The van der Waals surface area contributed by atoms with Crippen LogP contribution in [0.1, 0.15) is 34.4 Å². The number of ether oxygens (including phenoxy) is 1. The number of carbonyl (C=O) groups excluding carboxylic acids is 1. The summed E-state index contributed by atoms with van der Waals surface area (Å²) < 4.78 is 5.66. The molecule has 0 spiro atoms. The van der Waals surface area contributed by atoms with Crippen molar-refractivity contribution in [3.05, 3.63) is 45.9 Å². The van der Waals surface area contributed by atoms with E-state index < -0.39 is 5.97 Å². The third kappa shape index (κ3) is 5.66. The summed E-state index contributed by atoms with van der Waals surface area (Å²) in [6.07, 6.45) is 0.0243. The van der Waals surface area contributed by atoms with E-state index in [2.05, 4.69) is 10.3 Å². The molecule has 1 amide bonds. The number of nitrogens with zero attached hydrogens (tertiary/aromatic N) is 1. The lowest BCUT2D eigenvalue weighted by atomic mass is 10.1. The van der Waals surface area contributed by atoms with Crippen LogP contribution in [0.15, 0.2) is 29.6 Å². The van der Waals surface area contributed by atoms with Gasteiger partial charge < -0.3 is 15.2 Å². The molecule has 0 aliphatic carbocycles. The summed E-state index contributed by atoms with van der Waals surface area (Å²) in [5.74, 6) is -0.655. The van der Waals surface area contributed by atoms with Gasteiger partial charge in [-0.15, -0.1) is 11.3 Å². The molecule has 128 valence electrons. The fourth-order valence-corrected chi connectivity index (χ4v) is 2.70. The molecule has 0 radical (unpaired) electrons. The smallest absolute Gasteiger partial charge is 0.303 e. The number of aliphatic carboxylic acids is 1. The van der Waals surface area contributed by atoms with E-state index in [9.17, 15) is 9.59 Å². The zero-order chi connectivity index (χ0) is 17.5. The van der Waals surface area contributed by atoms with Crippen molar-refractivity contribution < 1.29 is 19.4 Å². The number of rotatable bonds is 8. The molecule has 1 heterocycles. The van der Waals surface area contributed by atoms with Crippen LogP contribution in [-0.2, 0) is 11.4 Å². The number of thiazole rings is 1. The Morgan fingerprint density at radius 3 is 2.88 bits per heavy atom. The Labute approximate surface area is 144 Å². The van der Waals surface area contributed by atoms with Crippen molar-refractivity contribution in [3.8, 4) is 5.75 Å². The van der Waals surface area contributed by atoms with Gasteiger partial charge in [-0.3, -0.25) is 9.59 Å². The second-order valence-corrected chi connectivity index (χ2v) is 6.65. The minimum absolute atomic E-state index is 0.0243. The predicted molar refractivity (Wildman–Crippen MR) is 91.4 cm³/mol. The number of carboxylic acids is 1. The van der Waals surface area contributed by atoms with Crippen molar-refractivity contribution in [2.75, 3.05) is 6.54 Å². The Balaban J connectivity index is 1.89. The lowest BCUT2D eigenvalue weighted by Gasteiger charge is -2.11. The van der Waals surface area contributed by atoms with Crippen LogP contribution in [0.2, 0.25) is 0 Å². The highest BCUT2D eigenvalue weighted by Gasteiger charge is 2.11. The van der Waals surface area contributed by atoms with Gasteiger partial charge in [0, 0.05) is 23.9 Å². The van der Waals surface area contributed by atoms with Gasteiger partial charge in [-0.1, -0.05) is 13.0 Å². The fraction of sp³-hybridized carbons (Fsp3) is 0.353. The summed E-state index contributed by atoms with van der Waals surface area (Å²) in [5, 5.41) is 14.4. The maximum atomic E-state index is 12.1. The first-order chi connectivity index (χ1) is 11.4. The number of aryl methyl sites for hydroxylation is 1. The van der Waals surface area contributed by atoms with Gasteiger partial charge in [0.05, 0.1) is 10.7 Å². The van der Waals surface area contributed by atoms with Gasteiger partial charge in [0.1, 0.15) is 12.4 Å². The minimum Gasteiger partial charge on any atom is -0.487 e. The van der Waals surface area contributed by atoms with E-state index in [1.165, 1.54) is 0 Å². The molecule has 6 nitrogen and oxygen atoms in total. The highest BCUT2D eigenvalue weighted by molar-refractivity contribution is 7.09. The maximum Gasteiger partial charge on any atom is 0.303 e. The Kier molecular flexibility index (Phi) is 6.31. The number of carbonyl (C=O) groups is 2. The zero-order valence-electron chi connectivity index (χ0n) is 13.6. The summed E-state index contributed by atoms with van der Waals surface area (Å²) in [7, 11) is 0. The van der Waals surface area contributed by atoms with Crippen LogP contribution in [0, 0.1) is 12.8 Å². The number of hydrogen-bond acceptors (Lipinski definition) is 5. The number of amides is 1. The second kappa shape index (κ2) is 8.44. The van der Waals surface area contributed by atoms with Gasteiger partial charge in [0.15, 0.2) is 0 Å². The molecule has 2 rings (SSSR count). The van der Waals surface area contributed by atoms with Crippen molar-refractivity contribution in [1.82, 2.24) is 10.3 Å². The van der Waals surface area contributed by atoms with E-state index in [-0.39, 0.29) is 18.2 Å². The summed E-state index contributed by atoms with van der Waals surface area (Å²) in [5.41, 5.74) is 1.33. The molecule has 7 heteroatoms. The van der Waals surface area contributed by atoms with Crippen LogP contribution in [0.4, 0.5) is 0 Å². The molecule has 2 N–H and O–H groups in total. The van der Waals surface area contributed by atoms with Gasteiger partial charge >= 0.3 is 5.97 Å². The zero-order valence-corrected chi connectivity index (χ0v) is 14.4. The summed E-state index contributed by atoms with van der Waals surface area (Å²) >= 11 is 1.56. The van der Waals surface area contributed by atoms with E-state index in [0.29, 0.717) is 24.5 Å². The number of hydrogen-bond donors (Lipinski definition) is 2. The molecule has 1 unspecified atom stereocenters. The van der Waals surface area contributed by atoms with Crippen LogP contribution >= 0.6 is 11.3 Å². The molecule has 1 aromatic carbocycles. The molecular formula is C17H20N2O4S. The summed E-state index contributed by atoms with van der Waals surface area (Å²) in [6.45, 7) is 4.38. The predicted octanol–water partition coefficient (Wildman–Crippen LogP) is 2.87. The maximum absolute atomic E-state index is 12.1. The fourth-order valence-electron chi connectivity index (χ4n) is 2.10.